The van der Waals surface area contributed by atoms with Crippen LogP contribution in [0.2, 0.25) is 0 Å². The lowest BCUT2D eigenvalue weighted by atomic mass is 10.0. The van der Waals surface area contributed by atoms with Crippen LogP contribution in [0.4, 0.5) is 0 Å². The highest BCUT2D eigenvalue weighted by molar-refractivity contribution is 4.54. The van der Waals surface area contributed by atoms with Crippen LogP contribution in [0.3, 0.4) is 0 Å². The predicted molar refractivity (Wildman–Crippen MR) is 131 cm³/mol. The minimum absolute atomic E-state index is 0.0106. The van der Waals surface area contributed by atoms with Gasteiger partial charge >= 0.3 is 0 Å². The Labute approximate surface area is 194 Å². The van der Waals surface area contributed by atoms with Crippen LogP contribution in [0, 0.1) is 0 Å². The van der Waals surface area contributed by atoms with E-state index >= 15 is 0 Å². The van der Waals surface area contributed by atoms with Crippen molar-refractivity contribution in [3.63, 3.8) is 0 Å². The van der Waals surface area contributed by atoms with Crippen molar-refractivity contribution in [2.24, 2.45) is 0 Å². The lowest BCUT2D eigenvalue weighted by Gasteiger charge is -2.22. The van der Waals surface area contributed by atoms with Crippen molar-refractivity contribution in [3.05, 3.63) is 0 Å². The van der Waals surface area contributed by atoms with Gasteiger partial charge in [0.15, 0.2) is 6.29 Å². The molecule has 0 aromatic rings. The average Bonchev–Trinajstić information content (AvgIpc) is 2.80. The highest BCUT2D eigenvalue weighted by Gasteiger charge is 2.13. The summed E-state index contributed by atoms with van der Waals surface area (Å²) in [7, 11) is 0. The van der Waals surface area contributed by atoms with Crippen LogP contribution in [-0.4, -0.2) is 45.9 Å². The molecule has 1 heterocycles. The Balaban J connectivity index is 1.62. The van der Waals surface area contributed by atoms with Crippen molar-refractivity contribution >= 4 is 0 Å². The van der Waals surface area contributed by atoms with Gasteiger partial charge in [0.1, 0.15) is 0 Å². The second-order valence-corrected chi connectivity index (χ2v) is 9.19. The van der Waals surface area contributed by atoms with E-state index in [0.29, 0.717) is 26.4 Å². The van der Waals surface area contributed by atoms with E-state index in [1.807, 2.05) is 0 Å². The standard InChI is InChI=1S/C27H54O4/c1-2-3-4-5-6-7-8-9-10-11-12-13-14-15-16-18-21-28-23-24-29-25-26-31-27-20-17-19-22-30-27/h27H,2-26H2,1H3. The SMILES string of the molecule is CCCCCCCCCCCCCCCCCCOCCOCCOC1CCCCO1. The maximum Gasteiger partial charge on any atom is 0.157 e. The highest BCUT2D eigenvalue weighted by Crippen LogP contribution is 2.14. The summed E-state index contributed by atoms with van der Waals surface area (Å²) in [6, 6.07) is 0. The molecule has 31 heavy (non-hydrogen) atoms. The minimum Gasteiger partial charge on any atom is -0.379 e. The fourth-order valence-electron chi connectivity index (χ4n) is 4.16. The van der Waals surface area contributed by atoms with Gasteiger partial charge in [0.2, 0.25) is 0 Å². The number of hydrogen-bond donors (Lipinski definition) is 0. The Morgan fingerprint density at radius 1 is 0.548 bits per heavy atom. The van der Waals surface area contributed by atoms with Crippen LogP contribution in [0.15, 0.2) is 0 Å². The third-order valence-corrected chi connectivity index (χ3v) is 6.18. The molecule has 1 unspecified atom stereocenters. The van der Waals surface area contributed by atoms with E-state index in [9.17, 15) is 0 Å². The number of unbranched alkanes of at least 4 members (excludes halogenated alkanes) is 15. The molecule has 4 heteroatoms. The molecule has 0 radical (unpaired) electrons. The van der Waals surface area contributed by atoms with Gasteiger partial charge in [0.25, 0.3) is 0 Å². The number of ether oxygens (including phenoxy) is 4. The molecule has 0 N–H and O–H groups in total. The molecule has 0 spiro atoms. The smallest absolute Gasteiger partial charge is 0.157 e. The molecule has 1 atom stereocenters. The topological polar surface area (TPSA) is 36.9 Å². The van der Waals surface area contributed by atoms with E-state index in [1.165, 1.54) is 109 Å². The molecule has 0 aromatic heterocycles. The Bertz CT molecular complexity index is 331. The molecule has 0 bridgehead atoms. The lowest BCUT2D eigenvalue weighted by Crippen LogP contribution is -2.24. The Morgan fingerprint density at radius 2 is 1.03 bits per heavy atom. The van der Waals surface area contributed by atoms with Gasteiger partial charge in [-0.2, -0.15) is 0 Å². The zero-order chi connectivity index (χ0) is 22.1. The van der Waals surface area contributed by atoms with Gasteiger partial charge in [-0.15, -0.1) is 0 Å². The summed E-state index contributed by atoms with van der Waals surface area (Å²) in [5.41, 5.74) is 0. The number of hydrogen-bond acceptors (Lipinski definition) is 4. The zero-order valence-corrected chi connectivity index (χ0v) is 20.9. The lowest BCUT2D eigenvalue weighted by molar-refractivity contribution is -0.169. The van der Waals surface area contributed by atoms with Crippen molar-refractivity contribution in [3.8, 4) is 0 Å². The van der Waals surface area contributed by atoms with E-state index in [2.05, 4.69) is 6.92 Å². The largest absolute Gasteiger partial charge is 0.379 e. The van der Waals surface area contributed by atoms with Gasteiger partial charge < -0.3 is 18.9 Å². The van der Waals surface area contributed by atoms with Gasteiger partial charge in [0.05, 0.1) is 26.4 Å². The van der Waals surface area contributed by atoms with Crippen LogP contribution in [0.5, 0.6) is 0 Å². The molecule has 0 aliphatic carbocycles. The summed E-state index contributed by atoms with van der Waals surface area (Å²) >= 11 is 0. The van der Waals surface area contributed by atoms with Gasteiger partial charge in [0, 0.05) is 13.2 Å². The number of rotatable bonds is 24. The molecular weight excluding hydrogens is 388 g/mol. The second kappa shape index (κ2) is 24.5. The first-order valence-electron chi connectivity index (χ1n) is 13.8. The first-order chi connectivity index (χ1) is 15.4. The Morgan fingerprint density at radius 3 is 1.55 bits per heavy atom. The molecule has 4 nitrogen and oxygen atoms in total. The summed E-state index contributed by atoms with van der Waals surface area (Å²) in [6.45, 7) is 6.59. The fraction of sp³-hybridized carbons (Fsp3) is 1.00. The molecule has 0 saturated carbocycles. The maximum atomic E-state index is 5.66. The molecular formula is C27H54O4. The summed E-state index contributed by atoms with van der Waals surface area (Å²) < 4.78 is 22.4. The zero-order valence-electron chi connectivity index (χ0n) is 20.9. The van der Waals surface area contributed by atoms with Crippen LogP contribution in [0.1, 0.15) is 129 Å². The molecule has 0 aromatic carbocycles. The third kappa shape index (κ3) is 21.4. The molecule has 0 amide bonds. The molecule has 1 saturated heterocycles. The fourth-order valence-corrected chi connectivity index (χ4v) is 4.16. The van der Waals surface area contributed by atoms with E-state index in [4.69, 9.17) is 18.9 Å². The van der Waals surface area contributed by atoms with Crippen molar-refractivity contribution in [2.45, 2.75) is 135 Å². The molecule has 1 fully saturated rings. The molecule has 1 aliphatic heterocycles. The van der Waals surface area contributed by atoms with E-state index in [0.717, 1.165) is 26.1 Å². The average molecular weight is 443 g/mol. The van der Waals surface area contributed by atoms with Crippen LogP contribution in [0.25, 0.3) is 0 Å². The summed E-state index contributed by atoms with van der Waals surface area (Å²) in [6.07, 6.45) is 25.9. The Hall–Kier alpha value is -0.160. The van der Waals surface area contributed by atoms with Gasteiger partial charge in [-0.25, -0.2) is 0 Å². The normalized spacial score (nSPS) is 16.7. The summed E-state index contributed by atoms with van der Waals surface area (Å²) in [5, 5.41) is 0. The van der Waals surface area contributed by atoms with Crippen LogP contribution < -0.4 is 0 Å². The van der Waals surface area contributed by atoms with Gasteiger partial charge in [-0.1, -0.05) is 103 Å². The van der Waals surface area contributed by atoms with Crippen molar-refractivity contribution in [1.29, 1.82) is 0 Å². The van der Waals surface area contributed by atoms with E-state index in [1.54, 1.807) is 0 Å². The Kier molecular flexibility index (Phi) is 22.8. The monoisotopic (exact) mass is 442 g/mol. The van der Waals surface area contributed by atoms with Gasteiger partial charge in [-0.05, 0) is 25.7 Å². The first kappa shape index (κ1) is 28.9. The molecule has 186 valence electrons. The van der Waals surface area contributed by atoms with Crippen molar-refractivity contribution < 1.29 is 18.9 Å². The van der Waals surface area contributed by atoms with Crippen molar-refractivity contribution in [2.75, 3.05) is 39.6 Å². The second-order valence-electron chi connectivity index (χ2n) is 9.19. The maximum absolute atomic E-state index is 5.66. The van der Waals surface area contributed by atoms with E-state index in [-0.39, 0.29) is 6.29 Å². The van der Waals surface area contributed by atoms with E-state index < -0.39 is 0 Å². The van der Waals surface area contributed by atoms with Crippen molar-refractivity contribution in [1.82, 2.24) is 0 Å². The molecule has 1 aliphatic rings. The van der Waals surface area contributed by atoms with Crippen LogP contribution in [-0.2, 0) is 18.9 Å². The minimum atomic E-state index is -0.0106. The van der Waals surface area contributed by atoms with Gasteiger partial charge in [-0.3, -0.25) is 0 Å². The summed E-state index contributed by atoms with van der Waals surface area (Å²) in [4.78, 5) is 0. The summed E-state index contributed by atoms with van der Waals surface area (Å²) in [5.74, 6) is 0. The highest BCUT2D eigenvalue weighted by atomic mass is 16.7. The predicted octanol–water partition coefficient (Wildman–Crippen LogP) is 7.82. The van der Waals surface area contributed by atoms with Crippen LogP contribution >= 0.6 is 0 Å². The first-order valence-corrected chi connectivity index (χ1v) is 13.8. The third-order valence-electron chi connectivity index (χ3n) is 6.18. The molecule has 1 rings (SSSR count). The quantitative estimate of drug-likeness (QED) is 0.143.